The quantitative estimate of drug-likeness (QED) is 0.385. The molecule has 1 aliphatic carbocycles. The van der Waals surface area contributed by atoms with Crippen LogP contribution >= 0.6 is 11.6 Å². The van der Waals surface area contributed by atoms with E-state index in [2.05, 4.69) is 6.07 Å². The number of esters is 1. The fourth-order valence-electron chi connectivity index (χ4n) is 5.51. The maximum atomic E-state index is 13.4. The molecule has 0 radical (unpaired) electrons. The monoisotopic (exact) mass is 436 g/mol. The molecule has 0 spiro atoms. The maximum Gasteiger partial charge on any atom is 0.343 e. The minimum absolute atomic E-state index is 0.124. The van der Waals surface area contributed by atoms with E-state index in [4.69, 9.17) is 21.3 Å². The van der Waals surface area contributed by atoms with Crippen LogP contribution in [0.4, 0.5) is 0 Å². The van der Waals surface area contributed by atoms with E-state index in [1.165, 1.54) is 11.1 Å². The number of rotatable bonds is 2. The largest absolute Gasteiger partial charge is 0.458 e. The number of carbonyl (C=O) groups excluding carboxylic acids is 1. The third-order valence-corrected chi connectivity index (χ3v) is 7.45. The number of fused-ring (bicyclic) bond motifs is 7. The van der Waals surface area contributed by atoms with Crippen molar-refractivity contribution in [2.75, 3.05) is 0 Å². The van der Waals surface area contributed by atoms with E-state index in [1.807, 2.05) is 6.07 Å². The Kier molecular flexibility index (Phi) is 3.93. The molecule has 0 fully saturated rings. The molecule has 2 aromatic heterocycles. The molecule has 31 heavy (non-hydrogen) atoms. The Bertz CT molecular complexity index is 1380. The van der Waals surface area contributed by atoms with Crippen molar-refractivity contribution in [3.63, 3.8) is 0 Å². The zero-order valence-electron chi connectivity index (χ0n) is 17.1. The summed E-state index contributed by atoms with van der Waals surface area (Å²) in [5.41, 5.74) is 5.45. The van der Waals surface area contributed by atoms with Crippen molar-refractivity contribution in [1.82, 2.24) is 9.55 Å². The predicted molar refractivity (Wildman–Crippen MR) is 116 cm³/mol. The number of nitrogens with zero attached hydrogens (tertiary/aromatic N) is 2. The standard InChI is InChI=1S/C24H21ClN2O4/c1-2-24(30)17-8-19-21-15(10-27(19)22(28)16(17)11-31-23(24)29)14(9-25)20-13-5-3-4-12(13)6-7-18(20)26-21/h6-8,30H,2-5,9-11H2,1H3/t24-/m0/s1. The summed E-state index contributed by atoms with van der Waals surface area (Å²) < 4.78 is 6.82. The second kappa shape index (κ2) is 6.40. The number of benzene rings is 1. The van der Waals surface area contributed by atoms with Crippen LogP contribution in [0.1, 0.15) is 53.1 Å². The molecule has 3 aromatic rings. The van der Waals surface area contributed by atoms with Crippen LogP contribution in [0.5, 0.6) is 0 Å². The summed E-state index contributed by atoms with van der Waals surface area (Å²) in [7, 11) is 0. The molecule has 2 aliphatic heterocycles. The zero-order valence-corrected chi connectivity index (χ0v) is 17.9. The van der Waals surface area contributed by atoms with Crippen molar-refractivity contribution in [3.8, 4) is 11.4 Å². The minimum Gasteiger partial charge on any atom is -0.458 e. The van der Waals surface area contributed by atoms with Gasteiger partial charge < -0.3 is 14.4 Å². The van der Waals surface area contributed by atoms with E-state index in [-0.39, 0.29) is 18.6 Å². The van der Waals surface area contributed by atoms with Crippen molar-refractivity contribution in [2.45, 2.75) is 57.2 Å². The number of hydrogen-bond acceptors (Lipinski definition) is 5. The first kappa shape index (κ1) is 19.0. The van der Waals surface area contributed by atoms with Crippen LogP contribution in [0, 0.1) is 0 Å². The van der Waals surface area contributed by atoms with Gasteiger partial charge in [-0.05, 0) is 54.5 Å². The SMILES string of the molecule is CC[C@@]1(O)C(=O)OCc2c1cc1n(c2=O)Cc2c-1nc1ccc3c(c1c2CCl)CCC3. The lowest BCUT2D eigenvalue weighted by molar-refractivity contribution is -0.172. The highest BCUT2D eigenvalue weighted by molar-refractivity contribution is 6.18. The number of aryl methyl sites for hydroxylation is 2. The van der Waals surface area contributed by atoms with Crippen molar-refractivity contribution < 1.29 is 14.6 Å². The fraction of sp³-hybridized carbons (Fsp3) is 0.375. The Morgan fingerprint density at radius 1 is 1.23 bits per heavy atom. The van der Waals surface area contributed by atoms with Gasteiger partial charge in [0.1, 0.15) is 6.61 Å². The number of hydrogen-bond donors (Lipinski definition) is 1. The summed E-state index contributed by atoms with van der Waals surface area (Å²) >= 11 is 6.47. The molecule has 1 N–H and O–H groups in total. The van der Waals surface area contributed by atoms with Gasteiger partial charge in [-0.25, -0.2) is 9.78 Å². The van der Waals surface area contributed by atoms with Gasteiger partial charge in [-0.15, -0.1) is 11.6 Å². The van der Waals surface area contributed by atoms with Crippen molar-refractivity contribution in [3.05, 3.63) is 61.9 Å². The molecule has 0 saturated carbocycles. The zero-order chi connectivity index (χ0) is 21.5. The van der Waals surface area contributed by atoms with Gasteiger partial charge in [-0.2, -0.15) is 0 Å². The van der Waals surface area contributed by atoms with Crippen LogP contribution < -0.4 is 5.56 Å². The summed E-state index contributed by atoms with van der Waals surface area (Å²) in [4.78, 5) is 30.7. The predicted octanol–water partition coefficient (Wildman–Crippen LogP) is 3.31. The number of aromatic nitrogens is 2. The third-order valence-electron chi connectivity index (χ3n) is 7.18. The van der Waals surface area contributed by atoms with Crippen LogP contribution in [-0.2, 0) is 47.0 Å². The first-order chi connectivity index (χ1) is 15.0. The lowest BCUT2D eigenvalue weighted by Gasteiger charge is -2.31. The molecule has 0 bridgehead atoms. The van der Waals surface area contributed by atoms with E-state index < -0.39 is 11.6 Å². The van der Waals surface area contributed by atoms with E-state index in [0.29, 0.717) is 34.9 Å². The molecule has 0 unspecified atom stereocenters. The third kappa shape index (κ3) is 2.35. The van der Waals surface area contributed by atoms with E-state index >= 15 is 0 Å². The van der Waals surface area contributed by atoms with E-state index in [1.54, 1.807) is 17.6 Å². The molecule has 4 heterocycles. The van der Waals surface area contributed by atoms with Crippen molar-refractivity contribution in [2.24, 2.45) is 0 Å². The molecule has 1 aromatic carbocycles. The molecule has 3 aliphatic rings. The maximum absolute atomic E-state index is 13.4. The highest BCUT2D eigenvalue weighted by Crippen LogP contribution is 2.42. The Morgan fingerprint density at radius 2 is 2.06 bits per heavy atom. The first-order valence-electron chi connectivity index (χ1n) is 10.7. The second-order valence-electron chi connectivity index (χ2n) is 8.61. The first-order valence-corrected chi connectivity index (χ1v) is 11.2. The molecule has 6 rings (SSSR count). The number of cyclic esters (lactones) is 1. The van der Waals surface area contributed by atoms with Gasteiger partial charge in [0.05, 0.1) is 29.0 Å². The van der Waals surface area contributed by atoms with E-state index in [9.17, 15) is 14.7 Å². The summed E-state index contributed by atoms with van der Waals surface area (Å²) in [5, 5.41) is 12.1. The minimum atomic E-state index is -1.82. The smallest absolute Gasteiger partial charge is 0.343 e. The average molecular weight is 437 g/mol. The molecule has 0 saturated heterocycles. The number of ether oxygens (including phenoxy) is 1. The Hall–Kier alpha value is -2.70. The molecule has 6 nitrogen and oxygen atoms in total. The van der Waals surface area contributed by atoms with Gasteiger partial charge in [0.25, 0.3) is 5.56 Å². The van der Waals surface area contributed by atoms with Gasteiger partial charge in [-0.3, -0.25) is 4.79 Å². The number of pyridine rings is 2. The number of aliphatic hydroxyl groups is 1. The summed E-state index contributed by atoms with van der Waals surface area (Å²) in [5.74, 6) is -0.380. The average Bonchev–Trinajstić information content (AvgIpc) is 3.40. The summed E-state index contributed by atoms with van der Waals surface area (Å²) in [6.07, 6.45) is 3.34. The number of carbonyl (C=O) groups is 1. The Labute approximate surface area is 183 Å². The summed E-state index contributed by atoms with van der Waals surface area (Å²) in [6.45, 7) is 1.95. The van der Waals surface area contributed by atoms with Gasteiger partial charge in [0.2, 0.25) is 0 Å². The lowest BCUT2D eigenvalue weighted by Crippen LogP contribution is -2.44. The fourth-order valence-corrected chi connectivity index (χ4v) is 5.80. The topological polar surface area (TPSA) is 81.4 Å². The molecule has 158 valence electrons. The lowest BCUT2D eigenvalue weighted by atomic mass is 9.86. The summed E-state index contributed by atoms with van der Waals surface area (Å²) in [6, 6.07) is 5.92. The van der Waals surface area contributed by atoms with Crippen LogP contribution in [0.15, 0.2) is 23.0 Å². The molecular formula is C24H21ClN2O4. The molecule has 7 heteroatoms. The molecular weight excluding hydrogens is 416 g/mol. The van der Waals surface area contributed by atoms with Gasteiger partial charge >= 0.3 is 5.97 Å². The van der Waals surface area contributed by atoms with Gasteiger partial charge in [-0.1, -0.05) is 13.0 Å². The highest BCUT2D eigenvalue weighted by Gasteiger charge is 2.45. The van der Waals surface area contributed by atoms with E-state index in [0.717, 1.165) is 41.3 Å². The van der Waals surface area contributed by atoms with Crippen LogP contribution in [0.3, 0.4) is 0 Å². The number of halogens is 1. The van der Waals surface area contributed by atoms with Gasteiger partial charge in [0, 0.05) is 22.4 Å². The molecule has 0 amide bonds. The Balaban J connectivity index is 1.66. The van der Waals surface area contributed by atoms with Crippen LogP contribution in [-0.4, -0.2) is 20.6 Å². The van der Waals surface area contributed by atoms with Crippen LogP contribution in [0.25, 0.3) is 22.3 Å². The highest BCUT2D eigenvalue weighted by atomic mass is 35.5. The normalized spacial score (nSPS) is 20.9. The Morgan fingerprint density at radius 3 is 2.84 bits per heavy atom. The van der Waals surface area contributed by atoms with Gasteiger partial charge in [0.15, 0.2) is 5.60 Å². The second-order valence-corrected chi connectivity index (χ2v) is 8.87. The van der Waals surface area contributed by atoms with Crippen molar-refractivity contribution in [1.29, 1.82) is 0 Å². The molecule has 1 atom stereocenters. The van der Waals surface area contributed by atoms with Crippen LogP contribution in [0.2, 0.25) is 0 Å². The van der Waals surface area contributed by atoms with Crippen molar-refractivity contribution >= 4 is 28.5 Å². The number of alkyl halides is 1.